The summed E-state index contributed by atoms with van der Waals surface area (Å²) in [5.74, 6) is 0.719. The molecule has 20 heavy (non-hydrogen) atoms. The Labute approximate surface area is 123 Å². The minimum absolute atomic E-state index is 0.144. The maximum atomic E-state index is 12.0. The molecule has 0 spiro atoms. The second-order valence-corrected chi connectivity index (χ2v) is 5.73. The number of aromatic amines is 1. The summed E-state index contributed by atoms with van der Waals surface area (Å²) in [6, 6.07) is 2.00. The van der Waals surface area contributed by atoms with Gasteiger partial charge in [0.1, 0.15) is 16.5 Å². The Kier molecular flexibility index (Phi) is 3.89. The lowest BCUT2D eigenvalue weighted by molar-refractivity contribution is 0.0950. The summed E-state index contributed by atoms with van der Waals surface area (Å²) in [5.41, 5.74) is 1.53. The van der Waals surface area contributed by atoms with Crippen molar-refractivity contribution in [3.8, 4) is 10.6 Å². The molecular weight excluding hydrogens is 292 g/mol. The molecule has 3 aromatic heterocycles. The molecule has 0 aromatic carbocycles. The van der Waals surface area contributed by atoms with E-state index in [0.29, 0.717) is 18.7 Å². The topological polar surface area (TPSA) is 70.7 Å². The third-order valence-electron chi connectivity index (χ3n) is 2.71. The van der Waals surface area contributed by atoms with Gasteiger partial charge >= 0.3 is 0 Å². The number of carbonyl (C=O) groups excluding carboxylic acids is 1. The van der Waals surface area contributed by atoms with E-state index in [1.807, 2.05) is 16.8 Å². The zero-order valence-corrected chi connectivity index (χ0v) is 12.1. The molecule has 0 bridgehead atoms. The van der Waals surface area contributed by atoms with Gasteiger partial charge in [0.15, 0.2) is 0 Å². The molecule has 0 aliphatic rings. The predicted molar refractivity (Wildman–Crippen MR) is 80.1 cm³/mol. The number of hydrogen-bond donors (Lipinski definition) is 2. The fourth-order valence-electron chi connectivity index (χ4n) is 1.72. The first-order valence-electron chi connectivity index (χ1n) is 6.07. The van der Waals surface area contributed by atoms with Crippen molar-refractivity contribution in [2.75, 3.05) is 6.54 Å². The summed E-state index contributed by atoms with van der Waals surface area (Å²) in [4.78, 5) is 23.4. The van der Waals surface area contributed by atoms with Gasteiger partial charge in [-0.25, -0.2) is 9.97 Å². The van der Waals surface area contributed by atoms with Crippen LogP contribution in [-0.2, 0) is 6.42 Å². The number of hydrogen-bond acceptors (Lipinski definition) is 5. The Morgan fingerprint density at radius 1 is 1.40 bits per heavy atom. The standard InChI is InChI=1S/C13H12N4OS2/c18-12(16-3-1-11-14-4-5-15-11)10-8-20-13(17-10)9-2-6-19-7-9/h2,4-8H,1,3H2,(H,14,15)(H,16,18). The molecule has 3 aromatic rings. The van der Waals surface area contributed by atoms with Crippen LogP contribution in [-0.4, -0.2) is 27.4 Å². The lowest BCUT2D eigenvalue weighted by Gasteiger charge is -2.01. The molecule has 0 atom stereocenters. The molecule has 7 heteroatoms. The van der Waals surface area contributed by atoms with Crippen LogP contribution < -0.4 is 5.32 Å². The Morgan fingerprint density at radius 3 is 3.10 bits per heavy atom. The second-order valence-electron chi connectivity index (χ2n) is 4.09. The van der Waals surface area contributed by atoms with Crippen molar-refractivity contribution in [1.29, 1.82) is 0 Å². The van der Waals surface area contributed by atoms with Gasteiger partial charge in [0.2, 0.25) is 0 Å². The minimum atomic E-state index is -0.144. The molecule has 0 unspecified atom stereocenters. The summed E-state index contributed by atoms with van der Waals surface area (Å²) in [7, 11) is 0. The Morgan fingerprint density at radius 2 is 2.35 bits per heavy atom. The Hall–Kier alpha value is -1.99. The molecule has 0 aliphatic carbocycles. The van der Waals surface area contributed by atoms with E-state index in [9.17, 15) is 4.79 Å². The maximum Gasteiger partial charge on any atom is 0.270 e. The highest BCUT2D eigenvalue weighted by Crippen LogP contribution is 2.25. The van der Waals surface area contributed by atoms with Crippen molar-refractivity contribution in [2.45, 2.75) is 6.42 Å². The number of aromatic nitrogens is 3. The number of nitrogens with zero attached hydrogens (tertiary/aromatic N) is 2. The molecule has 2 N–H and O–H groups in total. The van der Waals surface area contributed by atoms with E-state index in [4.69, 9.17) is 0 Å². The molecule has 0 radical (unpaired) electrons. The normalized spacial score (nSPS) is 10.6. The van der Waals surface area contributed by atoms with Gasteiger partial charge in [0.05, 0.1) is 0 Å². The average Bonchev–Trinajstić information content (AvgIpc) is 3.20. The first kappa shape index (κ1) is 13.0. The van der Waals surface area contributed by atoms with Crippen molar-refractivity contribution in [3.05, 3.63) is 46.1 Å². The molecule has 0 saturated carbocycles. The first-order valence-corrected chi connectivity index (χ1v) is 7.90. The first-order chi connectivity index (χ1) is 9.83. The van der Waals surface area contributed by atoms with Crippen molar-refractivity contribution in [3.63, 3.8) is 0 Å². The molecule has 3 rings (SSSR count). The quantitative estimate of drug-likeness (QED) is 0.761. The largest absolute Gasteiger partial charge is 0.350 e. The number of nitrogens with one attached hydrogen (secondary N) is 2. The van der Waals surface area contributed by atoms with Gasteiger partial charge < -0.3 is 10.3 Å². The van der Waals surface area contributed by atoms with Gasteiger partial charge in [-0.15, -0.1) is 11.3 Å². The van der Waals surface area contributed by atoms with E-state index < -0.39 is 0 Å². The van der Waals surface area contributed by atoms with Crippen LogP contribution in [0.5, 0.6) is 0 Å². The molecule has 1 amide bonds. The lowest BCUT2D eigenvalue weighted by Crippen LogP contribution is -2.26. The maximum absolute atomic E-state index is 12.0. The summed E-state index contributed by atoms with van der Waals surface area (Å²) in [6.45, 7) is 0.539. The van der Waals surface area contributed by atoms with Gasteiger partial charge in [0.25, 0.3) is 5.91 Å². The third kappa shape index (κ3) is 2.94. The monoisotopic (exact) mass is 304 g/mol. The number of thiophene rings is 1. The lowest BCUT2D eigenvalue weighted by atomic mass is 10.3. The van der Waals surface area contributed by atoms with Crippen molar-refractivity contribution in [1.82, 2.24) is 20.3 Å². The van der Waals surface area contributed by atoms with Gasteiger partial charge in [-0.05, 0) is 11.4 Å². The fraction of sp³-hybridized carbons (Fsp3) is 0.154. The summed E-state index contributed by atoms with van der Waals surface area (Å²) < 4.78 is 0. The second kappa shape index (κ2) is 5.98. The van der Waals surface area contributed by atoms with Gasteiger partial charge in [-0.2, -0.15) is 11.3 Å². The van der Waals surface area contributed by atoms with Crippen LogP contribution in [0.1, 0.15) is 16.3 Å². The summed E-state index contributed by atoms with van der Waals surface area (Å²) in [6.07, 6.45) is 4.15. The van der Waals surface area contributed by atoms with Crippen molar-refractivity contribution < 1.29 is 4.79 Å². The highest BCUT2D eigenvalue weighted by molar-refractivity contribution is 7.14. The van der Waals surface area contributed by atoms with Crippen LogP contribution >= 0.6 is 22.7 Å². The number of thiazole rings is 1. The zero-order chi connectivity index (χ0) is 13.8. The van der Waals surface area contributed by atoms with Crippen LogP contribution in [0, 0.1) is 0 Å². The van der Waals surface area contributed by atoms with Crippen LogP contribution in [0.15, 0.2) is 34.6 Å². The van der Waals surface area contributed by atoms with E-state index >= 15 is 0 Å². The molecule has 5 nitrogen and oxygen atoms in total. The highest BCUT2D eigenvalue weighted by Gasteiger charge is 2.11. The van der Waals surface area contributed by atoms with Crippen LogP contribution in [0.4, 0.5) is 0 Å². The Bertz CT molecular complexity index is 673. The van der Waals surface area contributed by atoms with Crippen LogP contribution in [0.2, 0.25) is 0 Å². The molecule has 3 heterocycles. The van der Waals surface area contributed by atoms with Crippen molar-refractivity contribution in [2.24, 2.45) is 0 Å². The van der Waals surface area contributed by atoms with E-state index in [1.165, 1.54) is 11.3 Å². The number of carbonyl (C=O) groups is 1. The average molecular weight is 304 g/mol. The third-order valence-corrected chi connectivity index (χ3v) is 4.28. The summed E-state index contributed by atoms with van der Waals surface area (Å²) in [5, 5.41) is 9.53. The van der Waals surface area contributed by atoms with Gasteiger partial charge in [0, 0.05) is 41.7 Å². The molecule has 0 saturated heterocycles. The smallest absolute Gasteiger partial charge is 0.270 e. The van der Waals surface area contributed by atoms with Gasteiger partial charge in [-0.1, -0.05) is 0 Å². The summed E-state index contributed by atoms with van der Waals surface area (Å²) >= 11 is 3.10. The molecular formula is C13H12N4OS2. The highest BCUT2D eigenvalue weighted by atomic mass is 32.1. The number of H-pyrrole nitrogens is 1. The number of imidazole rings is 1. The van der Waals surface area contributed by atoms with E-state index in [-0.39, 0.29) is 5.91 Å². The van der Waals surface area contributed by atoms with Gasteiger partial charge in [-0.3, -0.25) is 4.79 Å². The minimum Gasteiger partial charge on any atom is -0.350 e. The van der Waals surface area contributed by atoms with Crippen molar-refractivity contribution >= 4 is 28.6 Å². The van der Waals surface area contributed by atoms with E-state index in [0.717, 1.165) is 16.4 Å². The molecule has 102 valence electrons. The SMILES string of the molecule is O=C(NCCc1ncc[nH]1)c1csc(-c2ccsc2)n1. The number of rotatable bonds is 5. The van der Waals surface area contributed by atoms with E-state index in [1.54, 1.807) is 29.1 Å². The predicted octanol–water partition coefficient (Wildman–Crippen LogP) is 2.57. The zero-order valence-electron chi connectivity index (χ0n) is 10.5. The molecule has 0 aliphatic heterocycles. The van der Waals surface area contributed by atoms with Crippen LogP contribution in [0.3, 0.4) is 0 Å². The number of amides is 1. The van der Waals surface area contributed by atoms with E-state index in [2.05, 4.69) is 20.3 Å². The molecule has 0 fully saturated rings. The fourth-order valence-corrected chi connectivity index (χ4v) is 3.23. The van der Waals surface area contributed by atoms with Crippen LogP contribution in [0.25, 0.3) is 10.6 Å². The Balaban J connectivity index is 1.57.